The average molecular weight is 318 g/mol. The first kappa shape index (κ1) is 16.0. The fraction of sp³-hybridized carbons (Fsp3) is 0.471. The quantitative estimate of drug-likeness (QED) is 0.894. The molecule has 0 radical (unpaired) electrons. The summed E-state index contributed by atoms with van der Waals surface area (Å²) in [6, 6.07) is 9.53. The van der Waals surface area contributed by atoms with E-state index in [4.69, 9.17) is 9.26 Å². The molecule has 1 saturated heterocycles. The summed E-state index contributed by atoms with van der Waals surface area (Å²) in [4.78, 5) is 14.4. The van der Waals surface area contributed by atoms with Crippen LogP contribution in [0.15, 0.2) is 39.6 Å². The lowest BCUT2D eigenvalue weighted by Gasteiger charge is -2.28. The highest BCUT2D eigenvalue weighted by molar-refractivity contribution is 5.59. The molecule has 1 aromatic heterocycles. The maximum absolute atomic E-state index is 12.3. The van der Waals surface area contributed by atoms with E-state index in [0.29, 0.717) is 31.1 Å². The van der Waals surface area contributed by atoms with Crippen molar-refractivity contribution in [3.63, 3.8) is 0 Å². The summed E-state index contributed by atoms with van der Waals surface area (Å²) in [5.41, 5.74) is 1.24. The molecule has 23 heavy (non-hydrogen) atoms. The van der Waals surface area contributed by atoms with Gasteiger partial charge >= 0.3 is 0 Å². The number of hydrogen-bond donors (Lipinski definition) is 1. The molecule has 0 spiro atoms. The zero-order valence-electron chi connectivity index (χ0n) is 13.3. The molecule has 2 aromatic rings. The standard InChI is InChI=1S/C17H22N2O4/c1-13-16(14-5-3-2-4-6-14)23-19(17(13)21)12-15(20)11-18-7-9-22-10-8-18/h2-6,15,20H,7-12H2,1H3. The zero-order valence-corrected chi connectivity index (χ0v) is 13.3. The molecule has 6 heteroatoms. The van der Waals surface area contributed by atoms with Crippen LogP contribution in [0.4, 0.5) is 0 Å². The molecular formula is C17H22N2O4. The van der Waals surface area contributed by atoms with Gasteiger partial charge in [0.05, 0.1) is 31.4 Å². The van der Waals surface area contributed by atoms with E-state index >= 15 is 0 Å². The van der Waals surface area contributed by atoms with Crippen molar-refractivity contribution in [2.75, 3.05) is 32.8 Å². The molecule has 0 amide bonds. The van der Waals surface area contributed by atoms with Crippen molar-refractivity contribution in [2.45, 2.75) is 19.6 Å². The smallest absolute Gasteiger partial charge is 0.286 e. The van der Waals surface area contributed by atoms with Crippen LogP contribution in [0, 0.1) is 6.92 Å². The lowest BCUT2D eigenvalue weighted by molar-refractivity contribution is 0.00611. The van der Waals surface area contributed by atoms with Crippen molar-refractivity contribution in [1.29, 1.82) is 0 Å². The van der Waals surface area contributed by atoms with Gasteiger partial charge in [-0.3, -0.25) is 9.69 Å². The van der Waals surface area contributed by atoms with E-state index in [9.17, 15) is 9.90 Å². The van der Waals surface area contributed by atoms with Crippen LogP contribution in [0.25, 0.3) is 11.3 Å². The Morgan fingerprint density at radius 3 is 2.57 bits per heavy atom. The van der Waals surface area contributed by atoms with Crippen LogP contribution >= 0.6 is 0 Å². The van der Waals surface area contributed by atoms with Gasteiger partial charge in [0.15, 0.2) is 5.76 Å². The number of hydrogen-bond acceptors (Lipinski definition) is 5. The van der Waals surface area contributed by atoms with Crippen molar-refractivity contribution < 1.29 is 14.4 Å². The summed E-state index contributed by atoms with van der Waals surface area (Å²) in [5, 5.41) is 10.2. The minimum atomic E-state index is -0.653. The fourth-order valence-electron chi connectivity index (χ4n) is 2.81. The van der Waals surface area contributed by atoms with Crippen LogP contribution < -0.4 is 5.56 Å². The van der Waals surface area contributed by atoms with Crippen LogP contribution in [-0.2, 0) is 11.3 Å². The predicted molar refractivity (Wildman–Crippen MR) is 86.4 cm³/mol. The van der Waals surface area contributed by atoms with Gasteiger partial charge in [0.1, 0.15) is 0 Å². The van der Waals surface area contributed by atoms with Gasteiger partial charge in [-0.05, 0) is 6.92 Å². The minimum absolute atomic E-state index is 0.157. The summed E-state index contributed by atoms with van der Waals surface area (Å²) >= 11 is 0. The first-order valence-corrected chi connectivity index (χ1v) is 7.89. The van der Waals surface area contributed by atoms with E-state index < -0.39 is 6.10 Å². The van der Waals surface area contributed by atoms with E-state index in [1.807, 2.05) is 30.3 Å². The topological polar surface area (TPSA) is 67.8 Å². The van der Waals surface area contributed by atoms with Crippen molar-refractivity contribution in [2.24, 2.45) is 0 Å². The zero-order chi connectivity index (χ0) is 16.2. The van der Waals surface area contributed by atoms with Crippen LogP contribution in [0.1, 0.15) is 5.56 Å². The Hall–Kier alpha value is -1.89. The van der Waals surface area contributed by atoms with Crippen LogP contribution in [0.3, 0.4) is 0 Å². The van der Waals surface area contributed by atoms with Crippen LogP contribution in [0.5, 0.6) is 0 Å². The number of rotatable bonds is 5. The van der Waals surface area contributed by atoms with Crippen molar-refractivity contribution in [1.82, 2.24) is 9.64 Å². The van der Waals surface area contributed by atoms with Crippen molar-refractivity contribution in [3.05, 3.63) is 46.2 Å². The van der Waals surface area contributed by atoms with Crippen molar-refractivity contribution >= 4 is 0 Å². The largest absolute Gasteiger partial charge is 0.390 e. The number of β-amino-alcohol motifs (C(OH)–C–C–N with tert-alkyl or cyclic N) is 1. The fourth-order valence-corrected chi connectivity index (χ4v) is 2.81. The Labute approximate surface area is 134 Å². The Morgan fingerprint density at radius 2 is 1.87 bits per heavy atom. The third kappa shape index (κ3) is 3.72. The number of aliphatic hydroxyl groups is 1. The monoisotopic (exact) mass is 318 g/mol. The molecule has 1 fully saturated rings. The number of ether oxygens (including phenoxy) is 1. The Balaban J connectivity index is 1.72. The van der Waals surface area contributed by atoms with E-state index in [0.717, 1.165) is 18.7 Å². The second-order valence-corrected chi connectivity index (χ2v) is 5.84. The predicted octanol–water partition coefficient (Wildman–Crippen LogP) is 1.11. The molecule has 6 nitrogen and oxygen atoms in total. The Morgan fingerprint density at radius 1 is 1.17 bits per heavy atom. The van der Waals surface area contributed by atoms with Gasteiger partial charge in [-0.25, -0.2) is 0 Å². The second-order valence-electron chi connectivity index (χ2n) is 5.84. The van der Waals surface area contributed by atoms with E-state index in [-0.39, 0.29) is 12.1 Å². The first-order chi connectivity index (χ1) is 11.1. The molecule has 1 aliphatic rings. The van der Waals surface area contributed by atoms with Gasteiger partial charge in [-0.2, -0.15) is 4.74 Å². The Bertz CT molecular complexity index is 686. The van der Waals surface area contributed by atoms with Gasteiger partial charge in [0.25, 0.3) is 5.56 Å². The van der Waals surface area contributed by atoms with Gasteiger partial charge in [-0.1, -0.05) is 30.3 Å². The van der Waals surface area contributed by atoms with Gasteiger partial charge in [0.2, 0.25) is 0 Å². The molecule has 0 saturated carbocycles. The summed E-state index contributed by atoms with van der Waals surface area (Å²) in [5.74, 6) is 0.564. The lowest BCUT2D eigenvalue weighted by atomic mass is 10.1. The number of aromatic nitrogens is 1. The number of aliphatic hydroxyl groups excluding tert-OH is 1. The first-order valence-electron chi connectivity index (χ1n) is 7.89. The van der Waals surface area contributed by atoms with E-state index in [2.05, 4.69) is 4.90 Å². The van der Waals surface area contributed by atoms with Crippen LogP contribution in [-0.4, -0.2) is 53.7 Å². The molecule has 1 atom stereocenters. The summed E-state index contributed by atoms with van der Waals surface area (Å²) in [6.07, 6.45) is -0.653. The molecule has 2 heterocycles. The maximum Gasteiger partial charge on any atom is 0.286 e. The Kier molecular flexibility index (Phi) is 4.95. The molecule has 0 aliphatic carbocycles. The third-order valence-electron chi connectivity index (χ3n) is 4.07. The van der Waals surface area contributed by atoms with E-state index in [1.165, 1.54) is 4.74 Å². The molecule has 124 valence electrons. The maximum atomic E-state index is 12.3. The number of nitrogens with zero attached hydrogens (tertiary/aromatic N) is 2. The highest BCUT2D eigenvalue weighted by Crippen LogP contribution is 2.21. The number of benzene rings is 1. The van der Waals surface area contributed by atoms with Crippen LogP contribution in [0.2, 0.25) is 0 Å². The molecule has 1 N–H and O–H groups in total. The SMILES string of the molecule is Cc1c(-c2ccccc2)on(CC(O)CN2CCOCC2)c1=O. The molecular weight excluding hydrogens is 296 g/mol. The van der Waals surface area contributed by atoms with Crippen molar-refractivity contribution in [3.8, 4) is 11.3 Å². The summed E-state index contributed by atoms with van der Waals surface area (Å²) in [7, 11) is 0. The highest BCUT2D eigenvalue weighted by atomic mass is 16.5. The van der Waals surface area contributed by atoms with Gasteiger partial charge in [-0.15, -0.1) is 0 Å². The van der Waals surface area contributed by atoms with Gasteiger partial charge < -0.3 is 14.4 Å². The highest BCUT2D eigenvalue weighted by Gasteiger charge is 2.19. The lowest BCUT2D eigenvalue weighted by Crippen LogP contribution is -2.42. The average Bonchev–Trinajstić information content (AvgIpc) is 2.85. The number of morpholine rings is 1. The molecule has 1 aliphatic heterocycles. The molecule has 0 bridgehead atoms. The second kappa shape index (κ2) is 7.12. The summed E-state index contributed by atoms with van der Waals surface area (Å²) < 4.78 is 12.2. The normalized spacial score (nSPS) is 17.3. The van der Waals surface area contributed by atoms with Gasteiger partial charge in [0, 0.05) is 25.2 Å². The molecule has 1 aromatic carbocycles. The molecule has 1 unspecified atom stereocenters. The van der Waals surface area contributed by atoms with E-state index in [1.54, 1.807) is 6.92 Å². The molecule has 3 rings (SSSR count). The summed E-state index contributed by atoms with van der Waals surface area (Å²) in [6.45, 7) is 5.39. The third-order valence-corrected chi connectivity index (χ3v) is 4.07. The minimum Gasteiger partial charge on any atom is -0.390 e.